The Hall–Kier alpha value is -0.860. The van der Waals surface area contributed by atoms with Crippen molar-refractivity contribution in [2.75, 3.05) is 6.61 Å². The van der Waals surface area contributed by atoms with E-state index in [2.05, 4.69) is 31.2 Å². The summed E-state index contributed by atoms with van der Waals surface area (Å²) >= 11 is 0. The fraction of sp³-hybridized carbons (Fsp3) is 0.571. The highest BCUT2D eigenvalue weighted by Gasteiger charge is 2.13. The SMILES string of the molecule is CCc1ccc(COC2CCCCO2)cc1. The summed E-state index contributed by atoms with van der Waals surface area (Å²) < 4.78 is 11.2. The van der Waals surface area contributed by atoms with Gasteiger partial charge in [-0.1, -0.05) is 31.2 Å². The minimum absolute atomic E-state index is 0.0135. The van der Waals surface area contributed by atoms with E-state index in [1.807, 2.05) is 0 Å². The molecular formula is C14H20O2. The normalized spacial score (nSPS) is 20.9. The van der Waals surface area contributed by atoms with Crippen molar-refractivity contribution in [1.82, 2.24) is 0 Å². The Morgan fingerprint density at radius 1 is 1.19 bits per heavy atom. The molecule has 16 heavy (non-hydrogen) atoms. The fourth-order valence-electron chi connectivity index (χ4n) is 1.90. The average Bonchev–Trinajstić information content (AvgIpc) is 2.38. The van der Waals surface area contributed by atoms with Crippen LogP contribution in [0, 0.1) is 0 Å². The molecule has 1 fully saturated rings. The van der Waals surface area contributed by atoms with Gasteiger partial charge in [-0.05, 0) is 36.8 Å². The molecule has 1 aliphatic heterocycles. The van der Waals surface area contributed by atoms with Gasteiger partial charge in [0.1, 0.15) is 0 Å². The van der Waals surface area contributed by atoms with E-state index in [4.69, 9.17) is 9.47 Å². The predicted molar refractivity (Wildman–Crippen MR) is 64.2 cm³/mol. The molecule has 1 aliphatic rings. The first-order valence-electron chi connectivity index (χ1n) is 6.19. The largest absolute Gasteiger partial charge is 0.353 e. The number of benzene rings is 1. The van der Waals surface area contributed by atoms with Crippen LogP contribution in [0.1, 0.15) is 37.3 Å². The van der Waals surface area contributed by atoms with Crippen LogP contribution in [-0.4, -0.2) is 12.9 Å². The van der Waals surface area contributed by atoms with Crippen LogP contribution in [0.15, 0.2) is 24.3 Å². The van der Waals surface area contributed by atoms with E-state index in [1.54, 1.807) is 0 Å². The van der Waals surface area contributed by atoms with Gasteiger partial charge < -0.3 is 9.47 Å². The van der Waals surface area contributed by atoms with Crippen molar-refractivity contribution in [3.05, 3.63) is 35.4 Å². The quantitative estimate of drug-likeness (QED) is 0.775. The third kappa shape index (κ3) is 3.32. The summed E-state index contributed by atoms with van der Waals surface area (Å²) in [6, 6.07) is 8.62. The summed E-state index contributed by atoms with van der Waals surface area (Å²) in [5.41, 5.74) is 2.60. The van der Waals surface area contributed by atoms with Crippen molar-refractivity contribution in [1.29, 1.82) is 0 Å². The average molecular weight is 220 g/mol. The molecule has 88 valence electrons. The number of hydrogen-bond donors (Lipinski definition) is 0. The summed E-state index contributed by atoms with van der Waals surface area (Å²) in [6.45, 7) is 3.68. The summed E-state index contributed by atoms with van der Waals surface area (Å²) in [4.78, 5) is 0. The highest BCUT2D eigenvalue weighted by molar-refractivity contribution is 5.21. The van der Waals surface area contributed by atoms with Gasteiger partial charge in [0.2, 0.25) is 0 Å². The topological polar surface area (TPSA) is 18.5 Å². The number of rotatable bonds is 4. The first kappa shape index (κ1) is 11.6. The Morgan fingerprint density at radius 3 is 2.56 bits per heavy atom. The third-order valence-corrected chi connectivity index (χ3v) is 3.01. The fourth-order valence-corrected chi connectivity index (χ4v) is 1.90. The molecule has 1 aromatic carbocycles. The third-order valence-electron chi connectivity index (χ3n) is 3.01. The molecule has 1 atom stereocenters. The van der Waals surface area contributed by atoms with Gasteiger partial charge in [0.05, 0.1) is 6.61 Å². The second-order valence-electron chi connectivity index (χ2n) is 4.28. The lowest BCUT2D eigenvalue weighted by Crippen LogP contribution is -2.21. The van der Waals surface area contributed by atoms with Gasteiger partial charge in [0.15, 0.2) is 6.29 Å². The highest BCUT2D eigenvalue weighted by atomic mass is 16.7. The first-order valence-corrected chi connectivity index (χ1v) is 6.19. The maximum absolute atomic E-state index is 5.72. The number of ether oxygens (including phenoxy) is 2. The van der Waals surface area contributed by atoms with E-state index in [9.17, 15) is 0 Å². The van der Waals surface area contributed by atoms with E-state index < -0.39 is 0 Å². The van der Waals surface area contributed by atoms with Crippen molar-refractivity contribution >= 4 is 0 Å². The van der Waals surface area contributed by atoms with E-state index in [1.165, 1.54) is 24.0 Å². The molecule has 0 bridgehead atoms. The van der Waals surface area contributed by atoms with Gasteiger partial charge >= 0.3 is 0 Å². The van der Waals surface area contributed by atoms with Crippen molar-refractivity contribution in [2.45, 2.75) is 45.5 Å². The molecule has 1 aromatic rings. The van der Waals surface area contributed by atoms with Crippen molar-refractivity contribution in [2.24, 2.45) is 0 Å². The zero-order chi connectivity index (χ0) is 11.2. The van der Waals surface area contributed by atoms with Crippen LogP contribution in [0.5, 0.6) is 0 Å². The van der Waals surface area contributed by atoms with Gasteiger partial charge in [0, 0.05) is 6.61 Å². The molecule has 0 spiro atoms. The molecule has 0 radical (unpaired) electrons. The Kier molecular flexibility index (Phi) is 4.37. The Labute approximate surface area is 97.6 Å². The lowest BCUT2D eigenvalue weighted by atomic mass is 10.1. The maximum Gasteiger partial charge on any atom is 0.158 e. The van der Waals surface area contributed by atoms with Crippen LogP contribution in [-0.2, 0) is 22.5 Å². The molecule has 0 N–H and O–H groups in total. The van der Waals surface area contributed by atoms with Crippen LogP contribution in [0.25, 0.3) is 0 Å². The lowest BCUT2D eigenvalue weighted by Gasteiger charge is -2.22. The summed E-state index contributed by atoms with van der Waals surface area (Å²) in [5.74, 6) is 0. The molecular weight excluding hydrogens is 200 g/mol. The van der Waals surface area contributed by atoms with Gasteiger partial charge in [-0.3, -0.25) is 0 Å². The van der Waals surface area contributed by atoms with Crippen LogP contribution in [0.2, 0.25) is 0 Å². The van der Waals surface area contributed by atoms with E-state index in [0.29, 0.717) is 6.61 Å². The molecule has 2 nitrogen and oxygen atoms in total. The minimum atomic E-state index is 0.0135. The molecule has 1 saturated heterocycles. The summed E-state index contributed by atoms with van der Waals surface area (Å²) in [6.07, 6.45) is 4.53. The minimum Gasteiger partial charge on any atom is -0.353 e. The van der Waals surface area contributed by atoms with Gasteiger partial charge in [-0.25, -0.2) is 0 Å². The first-order chi connectivity index (χ1) is 7.88. The molecule has 2 heteroatoms. The highest BCUT2D eigenvalue weighted by Crippen LogP contribution is 2.15. The van der Waals surface area contributed by atoms with E-state index in [0.717, 1.165) is 19.4 Å². The molecule has 0 amide bonds. The number of hydrogen-bond acceptors (Lipinski definition) is 2. The smallest absolute Gasteiger partial charge is 0.158 e. The summed E-state index contributed by atoms with van der Waals surface area (Å²) in [5, 5.41) is 0. The van der Waals surface area contributed by atoms with Crippen molar-refractivity contribution in [3.8, 4) is 0 Å². The van der Waals surface area contributed by atoms with E-state index >= 15 is 0 Å². The lowest BCUT2D eigenvalue weighted by molar-refractivity contribution is -0.168. The van der Waals surface area contributed by atoms with Crippen molar-refractivity contribution in [3.63, 3.8) is 0 Å². The molecule has 1 heterocycles. The molecule has 0 aliphatic carbocycles. The van der Waals surface area contributed by atoms with Crippen LogP contribution in [0.4, 0.5) is 0 Å². The molecule has 1 unspecified atom stereocenters. The van der Waals surface area contributed by atoms with Gasteiger partial charge in [-0.15, -0.1) is 0 Å². The van der Waals surface area contributed by atoms with Crippen molar-refractivity contribution < 1.29 is 9.47 Å². The molecule has 2 rings (SSSR count). The Morgan fingerprint density at radius 2 is 1.94 bits per heavy atom. The summed E-state index contributed by atoms with van der Waals surface area (Å²) in [7, 11) is 0. The van der Waals surface area contributed by atoms with E-state index in [-0.39, 0.29) is 6.29 Å². The van der Waals surface area contributed by atoms with Gasteiger partial charge in [0.25, 0.3) is 0 Å². The standard InChI is InChI=1S/C14H20O2/c1-2-12-6-8-13(9-7-12)11-16-14-5-3-4-10-15-14/h6-9,14H,2-5,10-11H2,1H3. The molecule has 0 saturated carbocycles. The van der Waals surface area contributed by atoms with Crippen LogP contribution >= 0.6 is 0 Å². The Balaban J connectivity index is 1.79. The van der Waals surface area contributed by atoms with Gasteiger partial charge in [-0.2, -0.15) is 0 Å². The zero-order valence-electron chi connectivity index (χ0n) is 9.95. The van der Waals surface area contributed by atoms with Crippen LogP contribution < -0.4 is 0 Å². The molecule has 0 aromatic heterocycles. The zero-order valence-corrected chi connectivity index (χ0v) is 9.95. The van der Waals surface area contributed by atoms with Crippen LogP contribution in [0.3, 0.4) is 0 Å². The Bertz CT molecular complexity index is 299. The second kappa shape index (κ2) is 6.02. The number of aryl methyl sites for hydroxylation is 1. The second-order valence-corrected chi connectivity index (χ2v) is 4.28. The maximum atomic E-state index is 5.72. The monoisotopic (exact) mass is 220 g/mol. The predicted octanol–water partition coefficient (Wildman–Crippen LogP) is 3.29.